The number of esters is 2. The molecule has 0 spiro atoms. The minimum atomic E-state index is -1.18. The van der Waals surface area contributed by atoms with E-state index >= 15 is 0 Å². The van der Waals surface area contributed by atoms with Crippen LogP contribution in [0.5, 0.6) is 11.5 Å². The third kappa shape index (κ3) is 5.99. The number of aromatic carboxylic acids is 1. The van der Waals surface area contributed by atoms with E-state index < -0.39 is 23.8 Å². The van der Waals surface area contributed by atoms with Gasteiger partial charge in [0, 0.05) is 26.1 Å². The summed E-state index contributed by atoms with van der Waals surface area (Å²) in [6.45, 7) is 4.21. The standard InChI is InChI=1S/C21H20N2O7/c1-4-16-20(15(21(27)28)9-10-22-16)23-19(26)8-6-14-5-7-17(29-12(2)24)18(11-14)30-13(3)25/h5-11H,4H2,1-3H3,(H,23,26)(H,27,28)/b8-6+. The monoisotopic (exact) mass is 412 g/mol. The first kappa shape index (κ1) is 22.3. The number of amides is 1. The summed E-state index contributed by atoms with van der Waals surface area (Å²) in [6.07, 6.45) is 4.43. The van der Waals surface area contributed by atoms with Gasteiger partial charge in [0.1, 0.15) is 0 Å². The van der Waals surface area contributed by atoms with Gasteiger partial charge in [0.2, 0.25) is 5.91 Å². The Hall–Kier alpha value is -4.01. The Bertz CT molecular complexity index is 1030. The quantitative estimate of drug-likeness (QED) is 0.403. The van der Waals surface area contributed by atoms with E-state index in [1.165, 1.54) is 50.4 Å². The minimum Gasteiger partial charge on any atom is -0.478 e. The van der Waals surface area contributed by atoms with Crippen LogP contribution in [0, 0.1) is 0 Å². The predicted molar refractivity (Wildman–Crippen MR) is 107 cm³/mol. The molecule has 2 rings (SSSR count). The van der Waals surface area contributed by atoms with Crippen LogP contribution < -0.4 is 14.8 Å². The predicted octanol–water partition coefficient (Wildman–Crippen LogP) is 2.84. The van der Waals surface area contributed by atoms with Crippen molar-refractivity contribution in [2.24, 2.45) is 0 Å². The van der Waals surface area contributed by atoms with Gasteiger partial charge in [-0.3, -0.25) is 19.4 Å². The Morgan fingerprint density at radius 1 is 1.07 bits per heavy atom. The molecular weight excluding hydrogens is 392 g/mol. The van der Waals surface area contributed by atoms with Crippen LogP contribution >= 0.6 is 0 Å². The number of carboxylic acid groups (broad SMARTS) is 1. The molecule has 1 heterocycles. The Kier molecular flexibility index (Phi) is 7.40. The zero-order valence-electron chi connectivity index (χ0n) is 16.6. The molecule has 0 aliphatic carbocycles. The van der Waals surface area contributed by atoms with Crippen LogP contribution in [0.25, 0.3) is 6.08 Å². The number of aryl methyl sites for hydroxylation is 1. The van der Waals surface area contributed by atoms with E-state index in [0.717, 1.165) is 0 Å². The smallest absolute Gasteiger partial charge is 0.337 e. The number of nitrogens with one attached hydrogen (secondary N) is 1. The molecule has 0 unspecified atom stereocenters. The van der Waals surface area contributed by atoms with Gasteiger partial charge in [0.25, 0.3) is 0 Å². The number of anilines is 1. The zero-order valence-corrected chi connectivity index (χ0v) is 16.6. The van der Waals surface area contributed by atoms with Crippen molar-refractivity contribution in [1.82, 2.24) is 4.98 Å². The molecule has 2 N–H and O–H groups in total. The molecule has 156 valence electrons. The Morgan fingerprint density at radius 2 is 1.73 bits per heavy atom. The van der Waals surface area contributed by atoms with E-state index in [9.17, 15) is 24.3 Å². The lowest BCUT2D eigenvalue weighted by Gasteiger charge is -2.11. The number of rotatable bonds is 7. The second kappa shape index (κ2) is 9.97. The molecule has 0 radical (unpaired) electrons. The van der Waals surface area contributed by atoms with Crippen molar-refractivity contribution in [2.45, 2.75) is 27.2 Å². The van der Waals surface area contributed by atoms with E-state index in [0.29, 0.717) is 17.7 Å². The highest BCUT2D eigenvalue weighted by atomic mass is 16.6. The van der Waals surface area contributed by atoms with Gasteiger partial charge in [-0.15, -0.1) is 0 Å². The summed E-state index contributed by atoms with van der Waals surface area (Å²) in [4.78, 5) is 50.3. The molecule has 30 heavy (non-hydrogen) atoms. The molecule has 0 aliphatic rings. The molecule has 0 fully saturated rings. The summed E-state index contributed by atoms with van der Waals surface area (Å²) in [7, 11) is 0. The number of hydrogen-bond donors (Lipinski definition) is 2. The second-order valence-electron chi connectivity index (χ2n) is 6.05. The number of carbonyl (C=O) groups excluding carboxylic acids is 3. The number of benzene rings is 1. The lowest BCUT2D eigenvalue weighted by atomic mass is 10.1. The van der Waals surface area contributed by atoms with Gasteiger partial charge in [-0.05, 0) is 36.3 Å². The molecule has 0 saturated carbocycles. The third-order valence-electron chi connectivity index (χ3n) is 3.75. The Balaban J connectivity index is 2.26. The fourth-order valence-electron chi connectivity index (χ4n) is 2.53. The lowest BCUT2D eigenvalue weighted by molar-refractivity contribution is -0.134. The number of aromatic nitrogens is 1. The first-order valence-electron chi connectivity index (χ1n) is 8.92. The maximum atomic E-state index is 12.3. The number of pyridine rings is 1. The van der Waals surface area contributed by atoms with Gasteiger partial charge in [-0.2, -0.15) is 0 Å². The summed E-state index contributed by atoms with van der Waals surface area (Å²) < 4.78 is 10.0. The number of hydrogen-bond acceptors (Lipinski definition) is 7. The highest BCUT2D eigenvalue weighted by Crippen LogP contribution is 2.29. The number of carboxylic acids is 1. The average Bonchev–Trinajstić information content (AvgIpc) is 2.67. The van der Waals surface area contributed by atoms with Crippen LogP contribution in [0.1, 0.15) is 42.4 Å². The normalized spacial score (nSPS) is 10.5. The number of ether oxygens (including phenoxy) is 2. The minimum absolute atomic E-state index is 0.0222. The van der Waals surface area contributed by atoms with Crippen LogP contribution in [0.4, 0.5) is 5.69 Å². The molecule has 1 amide bonds. The van der Waals surface area contributed by atoms with Crippen LogP contribution in [-0.2, 0) is 20.8 Å². The van der Waals surface area contributed by atoms with Crippen LogP contribution in [-0.4, -0.2) is 33.9 Å². The summed E-state index contributed by atoms with van der Waals surface area (Å²) in [6, 6.07) is 5.71. The van der Waals surface area contributed by atoms with Crippen molar-refractivity contribution >= 4 is 35.6 Å². The van der Waals surface area contributed by atoms with Gasteiger partial charge in [-0.25, -0.2) is 4.79 Å². The van der Waals surface area contributed by atoms with Gasteiger partial charge < -0.3 is 19.9 Å². The van der Waals surface area contributed by atoms with E-state index in [2.05, 4.69) is 10.3 Å². The summed E-state index contributed by atoms with van der Waals surface area (Å²) in [5.74, 6) is -2.85. The summed E-state index contributed by atoms with van der Waals surface area (Å²) >= 11 is 0. The molecule has 1 aromatic heterocycles. The largest absolute Gasteiger partial charge is 0.478 e. The van der Waals surface area contributed by atoms with Crippen LogP contribution in [0.15, 0.2) is 36.5 Å². The van der Waals surface area contributed by atoms with Gasteiger partial charge in [0.15, 0.2) is 11.5 Å². The van der Waals surface area contributed by atoms with E-state index in [1.54, 1.807) is 13.0 Å². The van der Waals surface area contributed by atoms with Gasteiger partial charge in [0.05, 0.1) is 16.9 Å². The molecule has 9 nitrogen and oxygen atoms in total. The van der Waals surface area contributed by atoms with E-state index in [4.69, 9.17) is 9.47 Å². The van der Waals surface area contributed by atoms with Crippen LogP contribution in [0.3, 0.4) is 0 Å². The topological polar surface area (TPSA) is 132 Å². The second-order valence-corrected chi connectivity index (χ2v) is 6.05. The highest BCUT2D eigenvalue weighted by molar-refractivity contribution is 6.06. The molecule has 0 bridgehead atoms. The summed E-state index contributed by atoms with van der Waals surface area (Å²) in [5.41, 5.74) is 0.997. The van der Waals surface area contributed by atoms with Crippen molar-refractivity contribution in [3.05, 3.63) is 53.4 Å². The molecule has 0 atom stereocenters. The van der Waals surface area contributed by atoms with Crippen molar-refractivity contribution in [1.29, 1.82) is 0 Å². The number of carbonyl (C=O) groups is 4. The van der Waals surface area contributed by atoms with Crippen molar-refractivity contribution in [2.75, 3.05) is 5.32 Å². The van der Waals surface area contributed by atoms with E-state index in [-0.39, 0.29) is 22.7 Å². The lowest BCUT2D eigenvalue weighted by Crippen LogP contribution is -2.15. The highest BCUT2D eigenvalue weighted by Gasteiger charge is 2.16. The third-order valence-corrected chi connectivity index (χ3v) is 3.75. The van der Waals surface area contributed by atoms with Gasteiger partial charge in [-0.1, -0.05) is 13.0 Å². The SMILES string of the molecule is CCc1nccc(C(=O)O)c1NC(=O)/C=C/c1ccc(OC(C)=O)c(OC(C)=O)c1. The fourth-order valence-corrected chi connectivity index (χ4v) is 2.53. The zero-order chi connectivity index (χ0) is 22.3. The molecule has 9 heteroatoms. The average molecular weight is 412 g/mol. The fraction of sp³-hybridized carbons (Fsp3) is 0.190. The molecule has 1 aromatic carbocycles. The van der Waals surface area contributed by atoms with Gasteiger partial charge >= 0.3 is 17.9 Å². The first-order chi connectivity index (χ1) is 14.2. The Labute approximate surface area is 172 Å². The molecule has 0 aliphatic heterocycles. The Morgan fingerprint density at radius 3 is 2.33 bits per heavy atom. The van der Waals surface area contributed by atoms with E-state index in [1.807, 2.05) is 0 Å². The summed E-state index contributed by atoms with van der Waals surface area (Å²) in [5, 5.41) is 11.9. The molecule has 0 saturated heterocycles. The number of nitrogens with zero attached hydrogens (tertiary/aromatic N) is 1. The van der Waals surface area contributed by atoms with Crippen molar-refractivity contribution in [3.63, 3.8) is 0 Å². The maximum Gasteiger partial charge on any atom is 0.337 e. The van der Waals surface area contributed by atoms with Crippen molar-refractivity contribution in [3.8, 4) is 11.5 Å². The molecular formula is C21H20N2O7. The van der Waals surface area contributed by atoms with Crippen LogP contribution in [0.2, 0.25) is 0 Å². The first-order valence-corrected chi connectivity index (χ1v) is 8.92. The molecule has 2 aromatic rings. The van der Waals surface area contributed by atoms with Crippen molar-refractivity contribution < 1.29 is 33.8 Å². The maximum absolute atomic E-state index is 12.3.